The van der Waals surface area contributed by atoms with Crippen molar-refractivity contribution in [2.24, 2.45) is 0 Å². The molecular formula is C21H24N2O5S. The Morgan fingerprint density at radius 1 is 1.07 bits per heavy atom. The van der Waals surface area contributed by atoms with E-state index in [0.29, 0.717) is 25.1 Å². The molecule has 0 aliphatic carbocycles. The van der Waals surface area contributed by atoms with E-state index in [4.69, 9.17) is 4.74 Å². The van der Waals surface area contributed by atoms with Crippen LogP contribution in [0.15, 0.2) is 48.5 Å². The summed E-state index contributed by atoms with van der Waals surface area (Å²) in [5.41, 5.74) is 1.56. The molecule has 1 atom stereocenters. The zero-order chi connectivity index (χ0) is 21.0. The van der Waals surface area contributed by atoms with Gasteiger partial charge >= 0.3 is 5.97 Å². The number of sulfonamides is 1. The van der Waals surface area contributed by atoms with Crippen LogP contribution in [0.5, 0.6) is 0 Å². The number of carbonyl (C=O) groups excluding carboxylic acids is 2. The molecule has 0 bridgehead atoms. The summed E-state index contributed by atoms with van der Waals surface area (Å²) in [6, 6.07) is 13.6. The van der Waals surface area contributed by atoms with Crippen LogP contribution in [-0.2, 0) is 14.8 Å². The second-order valence-corrected chi connectivity index (χ2v) is 8.97. The Morgan fingerprint density at radius 3 is 2.41 bits per heavy atom. The lowest BCUT2D eigenvalue weighted by molar-refractivity contribution is 0.0600. The maximum absolute atomic E-state index is 12.9. The Kier molecular flexibility index (Phi) is 6.22. The molecule has 0 saturated carbocycles. The molecule has 0 unspecified atom stereocenters. The summed E-state index contributed by atoms with van der Waals surface area (Å²) in [6.45, 7) is 2.17. The number of ether oxygens (including phenoxy) is 1. The van der Waals surface area contributed by atoms with Gasteiger partial charge in [0.2, 0.25) is 10.0 Å². The summed E-state index contributed by atoms with van der Waals surface area (Å²) >= 11 is 0. The Hall–Kier alpha value is -2.87. The number of hydrogen-bond donors (Lipinski definition) is 1. The van der Waals surface area contributed by atoms with Crippen molar-refractivity contribution in [2.45, 2.75) is 25.8 Å². The third-order valence-corrected chi connectivity index (χ3v) is 6.76. The number of methoxy groups -OCH3 is 1. The standard InChI is InChI=1S/C21H24N2O5S/c1-15(16-8-4-3-5-9-16)22-20(24)17-12-18(21(25)28-2)14-19(13-17)23-10-6-7-11-29(23,26)27/h3-5,8-9,12-15H,6-7,10-11H2,1-2H3,(H,22,24)/t15-/m1/s1. The third-order valence-electron chi connectivity index (χ3n) is 4.89. The summed E-state index contributed by atoms with van der Waals surface area (Å²) in [7, 11) is -2.24. The molecule has 1 amide bonds. The van der Waals surface area contributed by atoms with Gasteiger partial charge < -0.3 is 10.1 Å². The highest BCUT2D eigenvalue weighted by Gasteiger charge is 2.28. The summed E-state index contributed by atoms with van der Waals surface area (Å²) in [6.07, 6.45) is 1.31. The second-order valence-electron chi connectivity index (χ2n) is 6.96. The maximum atomic E-state index is 12.9. The highest BCUT2D eigenvalue weighted by Crippen LogP contribution is 2.27. The molecule has 0 spiro atoms. The van der Waals surface area contributed by atoms with Crippen molar-refractivity contribution in [2.75, 3.05) is 23.7 Å². The van der Waals surface area contributed by atoms with Gasteiger partial charge in [0.15, 0.2) is 0 Å². The largest absolute Gasteiger partial charge is 0.465 e. The Bertz CT molecular complexity index is 1000. The Labute approximate surface area is 170 Å². The molecule has 1 N–H and O–H groups in total. The number of benzene rings is 2. The van der Waals surface area contributed by atoms with Crippen molar-refractivity contribution >= 4 is 27.6 Å². The lowest BCUT2D eigenvalue weighted by Gasteiger charge is -2.29. The lowest BCUT2D eigenvalue weighted by atomic mass is 10.1. The van der Waals surface area contributed by atoms with Crippen LogP contribution in [0.4, 0.5) is 5.69 Å². The summed E-state index contributed by atoms with van der Waals surface area (Å²) < 4.78 is 31.0. The molecule has 1 fully saturated rings. The summed E-state index contributed by atoms with van der Waals surface area (Å²) in [5, 5.41) is 2.89. The highest BCUT2D eigenvalue weighted by molar-refractivity contribution is 7.92. The van der Waals surface area contributed by atoms with Gasteiger partial charge in [-0.05, 0) is 43.5 Å². The summed E-state index contributed by atoms with van der Waals surface area (Å²) in [4.78, 5) is 25.0. The van der Waals surface area contributed by atoms with Crippen molar-refractivity contribution in [3.8, 4) is 0 Å². The Morgan fingerprint density at radius 2 is 1.76 bits per heavy atom. The number of hydrogen-bond acceptors (Lipinski definition) is 5. The van der Waals surface area contributed by atoms with Crippen molar-refractivity contribution in [1.29, 1.82) is 0 Å². The van der Waals surface area contributed by atoms with Gasteiger partial charge in [0.05, 0.1) is 30.2 Å². The first kappa shape index (κ1) is 20.9. The zero-order valence-corrected chi connectivity index (χ0v) is 17.2. The first-order chi connectivity index (χ1) is 13.8. The van der Waals surface area contributed by atoms with Crippen molar-refractivity contribution in [3.63, 3.8) is 0 Å². The van der Waals surface area contributed by atoms with Crippen LogP contribution >= 0.6 is 0 Å². The molecule has 29 heavy (non-hydrogen) atoms. The van der Waals surface area contributed by atoms with Crippen molar-refractivity contribution in [3.05, 3.63) is 65.2 Å². The fourth-order valence-electron chi connectivity index (χ4n) is 3.31. The normalized spacial score (nSPS) is 16.7. The predicted octanol–water partition coefficient (Wildman–Crippen LogP) is 2.89. The molecular weight excluding hydrogens is 392 g/mol. The fourth-order valence-corrected chi connectivity index (χ4v) is 4.93. The first-order valence-electron chi connectivity index (χ1n) is 9.41. The SMILES string of the molecule is COC(=O)c1cc(C(=O)N[C@H](C)c2ccccc2)cc(N2CCCCS2(=O)=O)c1. The minimum atomic E-state index is -3.48. The molecule has 1 heterocycles. The van der Waals surface area contributed by atoms with Crippen LogP contribution in [0, 0.1) is 0 Å². The van der Waals surface area contributed by atoms with E-state index in [1.807, 2.05) is 37.3 Å². The minimum Gasteiger partial charge on any atom is -0.465 e. The minimum absolute atomic E-state index is 0.0437. The molecule has 2 aromatic carbocycles. The molecule has 0 aromatic heterocycles. The molecule has 154 valence electrons. The van der Waals surface area contributed by atoms with Gasteiger partial charge in [-0.1, -0.05) is 30.3 Å². The van der Waals surface area contributed by atoms with E-state index in [9.17, 15) is 18.0 Å². The van der Waals surface area contributed by atoms with E-state index in [2.05, 4.69) is 5.32 Å². The first-order valence-corrected chi connectivity index (χ1v) is 11.0. The van der Waals surface area contributed by atoms with E-state index in [-0.39, 0.29) is 22.9 Å². The van der Waals surface area contributed by atoms with E-state index in [0.717, 1.165) is 5.56 Å². The smallest absolute Gasteiger partial charge is 0.337 e. The molecule has 2 aromatic rings. The lowest BCUT2D eigenvalue weighted by Crippen LogP contribution is -2.38. The molecule has 1 saturated heterocycles. The van der Waals surface area contributed by atoms with Gasteiger partial charge in [0.1, 0.15) is 0 Å². The molecule has 1 aliphatic rings. The number of amides is 1. The average Bonchev–Trinajstić information content (AvgIpc) is 2.73. The van der Waals surface area contributed by atoms with Gasteiger partial charge in [0, 0.05) is 12.1 Å². The molecule has 0 radical (unpaired) electrons. The predicted molar refractivity (Wildman–Crippen MR) is 110 cm³/mol. The van der Waals surface area contributed by atoms with Gasteiger partial charge in [-0.3, -0.25) is 9.10 Å². The van der Waals surface area contributed by atoms with Gasteiger partial charge in [0.25, 0.3) is 5.91 Å². The Balaban J connectivity index is 1.95. The van der Waals surface area contributed by atoms with Crippen LogP contribution < -0.4 is 9.62 Å². The zero-order valence-electron chi connectivity index (χ0n) is 16.4. The monoisotopic (exact) mass is 416 g/mol. The number of carbonyl (C=O) groups is 2. The summed E-state index contributed by atoms with van der Waals surface area (Å²) in [5.74, 6) is -0.989. The third kappa shape index (κ3) is 4.76. The van der Waals surface area contributed by atoms with Crippen LogP contribution in [0.1, 0.15) is 52.1 Å². The molecule has 3 rings (SSSR count). The van der Waals surface area contributed by atoms with Gasteiger partial charge in [-0.2, -0.15) is 0 Å². The number of anilines is 1. The number of rotatable bonds is 5. The molecule has 8 heteroatoms. The van der Waals surface area contributed by atoms with Crippen molar-refractivity contribution < 1.29 is 22.7 Å². The van der Waals surface area contributed by atoms with Crippen molar-refractivity contribution in [1.82, 2.24) is 5.32 Å². The van der Waals surface area contributed by atoms with E-state index in [1.54, 1.807) is 0 Å². The van der Waals surface area contributed by atoms with E-state index < -0.39 is 21.9 Å². The van der Waals surface area contributed by atoms with Gasteiger partial charge in [-0.25, -0.2) is 13.2 Å². The maximum Gasteiger partial charge on any atom is 0.337 e. The number of esters is 1. The van der Waals surface area contributed by atoms with E-state index in [1.165, 1.54) is 29.6 Å². The van der Waals surface area contributed by atoms with Crippen LogP contribution in [-0.4, -0.2) is 39.7 Å². The van der Waals surface area contributed by atoms with Crippen LogP contribution in [0.25, 0.3) is 0 Å². The molecule has 7 nitrogen and oxygen atoms in total. The average molecular weight is 416 g/mol. The topological polar surface area (TPSA) is 92.8 Å². The number of nitrogens with zero attached hydrogens (tertiary/aromatic N) is 1. The van der Waals surface area contributed by atoms with Crippen LogP contribution in [0.3, 0.4) is 0 Å². The van der Waals surface area contributed by atoms with Gasteiger partial charge in [-0.15, -0.1) is 0 Å². The highest BCUT2D eigenvalue weighted by atomic mass is 32.2. The van der Waals surface area contributed by atoms with Crippen LogP contribution in [0.2, 0.25) is 0 Å². The second kappa shape index (κ2) is 8.65. The fraction of sp³-hybridized carbons (Fsp3) is 0.333. The number of nitrogens with one attached hydrogen (secondary N) is 1. The molecule has 1 aliphatic heterocycles. The quantitative estimate of drug-likeness (QED) is 0.757. The van der Waals surface area contributed by atoms with E-state index >= 15 is 0 Å².